The van der Waals surface area contributed by atoms with E-state index < -0.39 is 0 Å². The van der Waals surface area contributed by atoms with Crippen LogP contribution in [0.1, 0.15) is 38.0 Å². The highest BCUT2D eigenvalue weighted by Gasteiger charge is 2.15. The van der Waals surface area contributed by atoms with Gasteiger partial charge in [0.1, 0.15) is 0 Å². The molecule has 0 aliphatic carbocycles. The van der Waals surface area contributed by atoms with Crippen molar-refractivity contribution in [1.82, 2.24) is 20.0 Å². The number of hydrogen-bond acceptors (Lipinski definition) is 4. The summed E-state index contributed by atoms with van der Waals surface area (Å²) in [4.78, 5) is 18.3. The normalized spacial score (nSPS) is 16.7. The molecule has 1 aliphatic rings. The molecular weight excluding hydrogens is 380 g/mol. The third kappa shape index (κ3) is 3.66. The van der Waals surface area contributed by atoms with Crippen LogP contribution >= 0.6 is 11.3 Å². The molecule has 6 heteroatoms. The van der Waals surface area contributed by atoms with Crippen molar-refractivity contribution >= 4 is 32.4 Å². The van der Waals surface area contributed by atoms with E-state index in [1.165, 1.54) is 18.4 Å². The standard InChI is InChI=1S/C23H24N4OS.2H2/c1-15-4-2-5-16(12-15)19-14-27-20-8-7-17(13-21(20)29-23(27)26-19)22(28)25-11-9-18-6-3-10-24-18;;/h2,4-5,7-8,12-14,18,24H,3,6,9-11H2,1H3,(H,25,28);2*1H. The monoisotopic (exact) mass is 408 g/mol. The number of nitrogens with one attached hydrogen (secondary N) is 2. The van der Waals surface area contributed by atoms with Crippen molar-refractivity contribution in [3.8, 4) is 11.3 Å². The molecule has 0 bridgehead atoms. The van der Waals surface area contributed by atoms with Gasteiger partial charge in [-0.2, -0.15) is 0 Å². The Morgan fingerprint density at radius 2 is 2.28 bits per heavy atom. The van der Waals surface area contributed by atoms with Gasteiger partial charge in [-0.25, -0.2) is 4.98 Å². The Hall–Kier alpha value is -2.70. The Morgan fingerprint density at radius 1 is 1.34 bits per heavy atom. The van der Waals surface area contributed by atoms with Crippen molar-refractivity contribution in [3.63, 3.8) is 0 Å². The molecule has 0 spiro atoms. The minimum absolute atomic E-state index is 0. The second kappa shape index (κ2) is 7.61. The molecule has 3 heterocycles. The Kier molecular flexibility index (Phi) is 4.81. The topological polar surface area (TPSA) is 58.4 Å². The van der Waals surface area contributed by atoms with E-state index in [2.05, 4.69) is 52.4 Å². The Morgan fingerprint density at radius 3 is 3.10 bits per heavy atom. The van der Waals surface area contributed by atoms with E-state index >= 15 is 0 Å². The van der Waals surface area contributed by atoms with Crippen LogP contribution in [-0.2, 0) is 0 Å². The number of carbonyl (C=O) groups is 1. The Labute approximate surface area is 176 Å². The Bertz CT molecular complexity index is 1200. The maximum Gasteiger partial charge on any atom is 0.251 e. The highest BCUT2D eigenvalue weighted by molar-refractivity contribution is 7.23. The second-order valence-electron chi connectivity index (χ2n) is 7.77. The molecule has 1 saturated heterocycles. The summed E-state index contributed by atoms with van der Waals surface area (Å²) in [7, 11) is 0. The van der Waals surface area contributed by atoms with Gasteiger partial charge in [0.05, 0.1) is 15.9 Å². The quantitative estimate of drug-likeness (QED) is 0.494. The second-order valence-corrected chi connectivity index (χ2v) is 8.78. The van der Waals surface area contributed by atoms with Gasteiger partial charge in [-0.3, -0.25) is 9.20 Å². The third-order valence-corrected chi connectivity index (χ3v) is 6.63. The molecule has 5 nitrogen and oxygen atoms in total. The zero-order chi connectivity index (χ0) is 19.8. The first-order valence-electron chi connectivity index (χ1n) is 10.2. The molecule has 1 aliphatic heterocycles. The number of hydrogen-bond donors (Lipinski definition) is 2. The van der Waals surface area contributed by atoms with E-state index in [1.807, 2.05) is 18.2 Å². The van der Waals surface area contributed by atoms with Gasteiger partial charge >= 0.3 is 0 Å². The van der Waals surface area contributed by atoms with Crippen molar-refractivity contribution < 1.29 is 7.65 Å². The van der Waals surface area contributed by atoms with E-state index in [1.54, 1.807) is 11.3 Å². The number of fused-ring (bicyclic) bond motifs is 3. The van der Waals surface area contributed by atoms with Gasteiger partial charge in [0.15, 0.2) is 4.96 Å². The molecule has 1 atom stereocenters. The summed E-state index contributed by atoms with van der Waals surface area (Å²) in [6.45, 7) is 3.90. The molecule has 2 aromatic heterocycles. The van der Waals surface area contributed by atoms with Crippen molar-refractivity contribution in [1.29, 1.82) is 0 Å². The van der Waals surface area contributed by atoms with Crippen LogP contribution in [0.25, 0.3) is 26.4 Å². The summed E-state index contributed by atoms with van der Waals surface area (Å²) in [6, 6.07) is 14.8. The number of aromatic nitrogens is 2. The minimum Gasteiger partial charge on any atom is -0.352 e. The van der Waals surface area contributed by atoms with E-state index in [9.17, 15) is 4.79 Å². The maximum absolute atomic E-state index is 12.5. The van der Waals surface area contributed by atoms with Gasteiger partial charge in [-0.15, -0.1) is 0 Å². The van der Waals surface area contributed by atoms with Crippen molar-refractivity contribution in [3.05, 3.63) is 59.8 Å². The van der Waals surface area contributed by atoms with Gasteiger partial charge in [0.2, 0.25) is 0 Å². The number of benzene rings is 2. The number of aryl methyl sites for hydroxylation is 1. The molecule has 1 unspecified atom stereocenters. The summed E-state index contributed by atoms with van der Waals surface area (Å²) in [6.07, 6.45) is 5.52. The zero-order valence-corrected chi connectivity index (χ0v) is 17.3. The van der Waals surface area contributed by atoms with Crippen LogP contribution < -0.4 is 10.6 Å². The average molecular weight is 409 g/mol. The molecular formula is C23H28N4OS. The number of rotatable bonds is 5. The van der Waals surface area contributed by atoms with Gasteiger partial charge in [-0.1, -0.05) is 35.1 Å². The van der Waals surface area contributed by atoms with Crippen LogP contribution in [0.4, 0.5) is 0 Å². The molecule has 4 aromatic rings. The van der Waals surface area contributed by atoms with Crippen LogP contribution in [-0.4, -0.2) is 34.4 Å². The molecule has 0 saturated carbocycles. The first-order valence-corrected chi connectivity index (χ1v) is 11.0. The fraction of sp³-hybridized carbons (Fsp3) is 0.304. The van der Waals surface area contributed by atoms with Crippen LogP contribution in [0.3, 0.4) is 0 Å². The van der Waals surface area contributed by atoms with E-state index in [-0.39, 0.29) is 8.76 Å². The summed E-state index contributed by atoms with van der Waals surface area (Å²) in [5.41, 5.74) is 5.12. The van der Waals surface area contributed by atoms with Crippen LogP contribution in [0.15, 0.2) is 48.7 Å². The fourth-order valence-electron chi connectivity index (χ4n) is 4.05. The van der Waals surface area contributed by atoms with Crippen molar-refractivity contribution in [2.24, 2.45) is 0 Å². The van der Waals surface area contributed by atoms with Crippen molar-refractivity contribution in [2.75, 3.05) is 13.1 Å². The number of amides is 1. The lowest BCUT2D eigenvalue weighted by molar-refractivity contribution is 0.0952. The Balaban J connectivity index is 0.00000136. The molecule has 0 radical (unpaired) electrons. The number of thiazole rings is 1. The van der Waals surface area contributed by atoms with E-state index in [4.69, 9.17) is 4.98 Å². The minimum atomic E-state index is -0.00335. The van der Waals surface area contributed by atoms with E-state index in [0.717, 1.165) is 39.4 Å². The van der Waals surface area contributed by atoms with Crippen LogP contribution in [0, 0.1) is 6.92 Å². The predicted molar refractivity (Wildman–Crippen MR) is 123 cm³/mol. The molecule has 1 amide bonds. The molecule has 5 rings (SSSR count). The fourth-order valence-corrected chi connectivity index (χ4v) is 5.10. The highest BCUT2D eigenvalue weighted by Crippen LogP contribution is 2.30. The summed E-state index contributed by atoms with van der Waals surface area (Å²) in [5.74, 6) is -0.00335. The number of carbonyl (C=O) groups excluding carboxylic acids is 1. The molecule has 2 N–H and O–H groups in total. The smallest absolute Gasteiger partial charge is 0.251 e. The van der Waals surface area contributed by atoms with Gasteiger partial charge in [0, 0.05) is 32.8 Å². The maximum atomic E-state index is 12.5. The number of imidazole rings is 1. The molecule has 29 heavy (non-hydrogen) atoms. The molecule has 2 aromatic carbocycles. The van der Waals surface area contributed by atoms with E-state index in [0.29, 0.717) is 18.2 Å². The number of nitrogens with zero attached hydrogens (tertiary/aromatic N) is 2. The summed E-state index contributed by atoms with van der Waals surface area (Å²) >= 11 is 1.62. The first-order chi connectivity index (χ1) is 14.2. The first kappa shape index (κ1) is 18.3. The predicted octanol–water partition coefficient (Wildman–Crippen LogP) is 4.89. The largest absolute Gasteiger partial charge is 0.352 e. The van der Waals surface area contributed by atoms with Gasteiger partial charge in [-0.05, 0) is 57.0 Å². The third-order valence-electron chi connectivity index (χ3n) is 5.61. The molecule has 1 fully saturated rings. The lowest BCUT2D eigenvalue weighted by Crippen LogP contribution is -2.30. The molecule has 152 valence electrons. The lowest BCUT2D eigenvalue weighted by atomic mass is 10.1. The van der Waals surface area contributed by atoms with Crippen LogP contribution in [0.5, 0.6) is 0 Å². The van der Waals surface area contributed by atoms with Crippen LogP contribution in [0.2, 0.25) is 0 Å². The van der Waals surface area contributed by atoms with Gasteiger partial charge in [0.25, 0.3) is 5.91 Å². The average Bonchev–Trinajstić information content (AvgIpc) is 3.43. The van der Waals surface area contributed by atoms with Gasteiger partial charge < -0.3 is 10.6 Å². The highest BCUT2D eigenvalue weighted by atomic mass is 32.1. The lowest BCUT2D eigenvalue weighted by Gasteiger charge is -2.10. The SMILES string of the molecule is Cc1cccc(-c2cn3c(n2)sc2cc(C(=O)NCCC4CCCN4)ccc23)c1.[HH].[HH]. The summed E-state index contributed by atoms with van der Waals surface area (Å²) < 4.78 is 3.19. The summed E-state index contributed by atoms with van der Waals surface area (Å²) in [5, 5.41) is 6.52. The van der Waals surface area contributed by atoms with Crippen molar-refractivity contribution in [2.45, 2.75) is 32.2 Å². The zero-order valence-electron chi connectivity index (χ0n) is 16.4.